The number of carbonyl (C=O) groups excluding carboxylic acids is 1. The summed E-state index contributed by atoms with van der Waals surface area (Å²) in [6.07, 6.45) is 1.63. The molecule has 3 aliphatic rings. The van der Waals surface area contributed by atoms with Crippen molar-refractivity contribution in [2.45, 2.75) is 31.0 Å². The van der Waals surface area contributed by atoms with Crippen LogP contribution in [0.2, 0.25) is 5.02 Å². The number of rotatable bonds is 7. The molecule has 4 heterocycles. The maximum absolute atomic E-state index is 13.8. The van der Waals surface area contributed by atoms with Crippen LogP contribution in [0, 0.1) is 6.57 Å². The Balaban J connectivity index is 1.34. The first-order valence-electron chi connectivity index (χ1n) is 14.3. The highest BCUT2D eigenvalue weighted by molar-refractivity contribution is 6.35. The minimum absolute atomic E-state index is 0.00143. The van der Waals surface area contributed by atoms with E-state index in [4.69, 9.17) is 37.4 Å². The Morgan fingerprint density at radius 1 is 1.21 bits per heavy atom. The topological polar surface area (TPSA) is 84.6 Å². The molecule has 2 saturated heterocycles. The van der Waals surface area contributed by atoms with E-state index in [0.29, 0.717) is 29.7 Å². The minimum atomic E-state index is -1.05. The third kappa shape index (κ3) is 5.77. The van der Waals surface area contributed by atoms with Gasteiger partial charge in [-0.15, -0.1) is 0 Å². The Kier molecular flexibility index (Phi) is 8.23. The monoisotopic (exact) mass is 606 g/mol. The summed E-state index contributed by atoms with van der Waals surface area (Å²) >= 11 is 6.61. The number of benzene rings is 2. The van der Waals surface area contributed by atoms with E-state index < -0.39 is 23.9 Å². The molecule has 3 aromatic rings. The lowest BCUT2D eigenvalue weighted by Crippen LogP contribution is -2.56. The number of nitrogens with zero attached hydrogens (tertiary/aromatic N) is 6. The maximum atomic E-state index is 13.8. The Hall–Kier alpha value is -4.14. The first-order chi connectivity index (χ1) is 20.8. The highest BCUT2D eigenvalue weighted by atomic mass is 35.5. The second-order valence-electron chi connectivity index (χ2n) is 11.0. The number of ether oxygens (including phenoxy) is 3. The molecule has 1 aromatic heterocycles. The van der Waals surface area contributed by atoms with Crippen LogP contribution in [0.1, 0.15) is 24.5 Å². The largest absolute Gasteiger partial charge is 0.481 e. The molecule has 3 atom stereocenters. The molecule has 224 valence electrons. The summed E-state index contributed by atoms with van der Waals surface area (Å²) in [5.41, 5.74) is 0.875. The van der Waals surface area contributed by atoms with E-state index in [1.165, 1.54) is 4.90 Å². The third-order valence-corrected chi connectivity index (χ3v) is 8.63. The van der Waals surface area contributed by atoms with Crippen LogP contribution in [-0.4, -0.2) is 90.7 Å². The fourth-order valence-corrected chi connectivity index (χ4v) is 6.34. The van der Waals surface area contributed by atoms with Crippen LogP contribution in [0.5, 0.6) is 17.6 Å². The standard InChI is InChI=1S/C31H32ClFN6O4/c1-19(33)30(40)39-14-13-38(16-22(39)15-34-2)28-27-29(36-31(35-28)42-17-21-9-6-12-37(21)3)43-25(18-41-27)23-10-4-7-20-8-5-11-24(32)26(20)23/h4-5,7-8,10-11,21-22,25H,1,6,9,12-18H2,3H3/t21-,22-,25?/m0/s1. The number of piperazine rings is 1. The Morgan fingerprint density at radius 3 is 2.77 bits per heavy atom. The van der Waals surface area contributed by atoms with E-state index in [0.717, 1.165) is 35.7 Å². The number of carbonyl (C=O) groups is 1. The molecule has 0 N–H and O–H groups in total. The zero-order valence-corrected chi connectivity index (χ0v) is 24.6. The molecule has 6 rings (SSSR count). The lowest BCUT2D eigenvalue weighted by atomic mass is 10.00. The van der Waals surface area contributed by atoms with E-state index in [1.807, 2.05) is 41.3 Å². The number of hydrogen-bond donors (Lipinski definition) is 0. The molecule has 0 saturated carbocycles. The number of aromatic nitrogens is 2. The van der Waals surface area contributed by atoms with Crippen LogP contribution in [0.4, 0.5) is 10.2 Å². The predicted octanol–water partition coefficient (Wildman–Crippen LogP) is 4.69. The summed E-state index contributed by atoms with van der Waals surface area (Å²) in [6, 6.07) is 11.5. The third-order valence-electron chi connectivity index (χ3n) is 8.32. The molecule has 0 aliphatic carbocycles. The lowest BCUT2D eigenvalue weighted by Gasteiger charge is -2.40. The van der Waals surface area contributed by atoms with Crippen molar-refractivity contribution >= 4 is 34.1 Å². The summed E-state index contributed by atoms with van der Waals surface area (Å²) in [4.78, 5) is 30.8. The van der Waals surface area contributed by atoms with Crippen molar-refractivity contribution in [2.75, 3.05) is 57.9 Å². The SMILES string of the molecule is [C-]#[N+]C[C@H]1CN(c2nc(OC[C@@H]3CCCN3C)nc3c2OCC(c2cccc4cccc(Cl)c24)O3)CCN1C(=O)C(=C)F. The molecule has 43 heavy (non-hydrogen) atoms. The van der Waals surface area contributed by atoms with Gasteiger partial charge in [0.2, 0.25) is 12.3 Å². The molecule has 0 spiro atoms. The van der Waals surface area contributed by atoms with E-state index in [-0.39, 0.29) is 44.2 Å². The second kappa shape index (κ2) is 12.2. The molecule has 12 heteroatoms. The molecule has 2 fully saturated rings. The normalized spacial score (nSPS) is 22.0. The molecule has 1 amide bonds. The number of anilines is 1. The van der Waals surface area contributed by atoms with Crippen LogP contribution in [0.25, 0.3) is 15.6 Å². The molecule has 10 nitrogen and oxygen atoms in total. The van der Waals surface area contributed by atoms with Gasteiger partial charge in [-0.3, -0.25) is 4.79 Å². The van der Waals surface area contributed by atoms with Crippen LogP contribution in [-0.2, 0) is 4.79 Å². The van der Waals surface area contributed by atoms with Crippen LogP contribution < -0.4 is 19.1 Å². The van der Waals surface area contributed by atoms with Gasteiger partial charge in [-0.25, -0.2) is 11.0 Å². The first-order valence-corrected chi connectivity index (χ1v) is 14.7. The van der Waals surface area contributed by atoms with Crippen molar-refractivity contribution in [1.82, 2.24) is 19.8 Å². The number of likely N-dealkylation sites (N-methyl/N-ethyl adjacent to an activating group) is 1. The lowest BCUT2D eigenvalue weighted by molar-refractivity contribution is -0.131. The number of likely N-dealkylation sites (tertiary alicyclic amines) is 1. The highest BCUT2D eigenvalue weighted by Crippen LogP contribution is 2.44. The van der Waals surface area contributed by atoms with Gasteiger partial charge in [0.15, 0.2) is 17.7 Å². The van der Waals surface area contributed by atoms with Gasteiger partial charge in [-0.2, -0.15) is 9.97 Å². The summed E-state index contributed by atoms with van der Waals surface area (Å²) in [6.45, 7) is 12.9. The summed E-state index contributed by atoms with van der Waals surface area (Å²) in [5, 5.41) is 2.49. The predicted molar refractivity (Wildman–Crippen MR) is 160 cm³/mol. The summed E-state index contributed by atoms with van der Waals surface area (Å²) < 4.78 is 32.7. The molecule has 1 unspecified atom stereocenters. The Morgan fingerprint density at radius 2 is 2.02 bits per heavy atom. The minimum Gasteiger partial charge on any atom is -0.481 e. The fourth-order valence-electron chi connectivity index (χ4n) is 6.05. The van der Waals surface area contributed by atoms with Crippen molar-refractivity contribution in [3.8, 4) is 17.6 Å². The quantitative estimate of drug-likeness (QED) is 0.283. The smallest absolute Gasteiger partial charge is 0.322 e. The number of amides is 1. The van der Waals surface area contributed by atoms with Gasteiger partial charge in [0.25, 0.3) is 11.8 Å². The van der Waals surface area contributed by atoms with Gasteiger partial charge >= 0.3 is 6.01 Å². The van der Waals surface area contributed by atoms with Crippen LogP contribution in [0.15, 0.2) is 48.8 Å². The fraction of sp³-hybridized carbons (Fsp3) is 0.419. The van der Waals surface area contributed by atoms with Crippen molar-refractivity contribution in [3.05, 3.63) is 70.8 Å². The van der Waals surface area contributed by atoms with Gasteiger partial charge in [-0.1, -0.05) is 48.5 Å². The number of fused-ring (bicyclic) bond motifs is 2. The molecule has 3 aliphatic heterocycles. The first kappa shape index (κ1) is 29.0. The zero-order chi connectivity index (χ0) is 30.1. The Labute approximate surface area is 254 Å². The average Bonchev–Trinajstić information content (AvgIpc) is 3.43. The van der Waals surface area contributed by atoms with Crippen molar-refractivity contribution in [3.63, 3.8) is 0 Å². The summed E-state index contributed by atoms with van der Waals surface area (Å²) in [5.74, 6) is -0.831. The van der Waals surface area contributed by atoms with Crippen molar-refractivity contribution < 1.29 is 23.4 Å². The van der Waals surface area contributed by atoms with Gasteiger partial charge in [0, 0.05) is 41.6 Å². The van der Waals surface area contributed by atoms with Gasteiger partial charge < -0.3 is 33.8 Å². The molecular weight excluding hydrogens is 575 g/mol. The second-order valence-corrected chi connectivity index (χ2v) is 11.4. The highest BCUT2D eigenvalue weighted by Gasteiger charge is 2.38. The number of hydrogen-bond acceptors (Lipinski definition) is 8. The van der Waals surface area contributed by atoms with E-state index >= 15 is 0 Å². The van der Waals surface area contributed by atoms with E-state index in [1.54, 1.807) is 0 Å². The van der Waals surface area contributed by atoms with Crippen LogP contribution >= 0.6 is 11.6 Å². The summed E-state index contributed by atoms with van der Waals surface area (Å²) in [7, 11) is 2.07. The van der Waals surface area contributed by atoms with Gasteiger partial charge in [0.1, 0.15) is 19.3 Å². The zero-order valence-electron chi connectivity index (χ0n) is 23.8. The average molecular weight is 607 g/mol. The maximum Gasteiger partial charge on any atom is 0.322 e. The molecule has 0 bridgehead atoms. The van der Waals surface area contributed by atoms with E-state index in [9.17, 15) is 9.18 Å². The molecule has 2 aromatic carbocycles. The molecule has 0 radical (unpaired) electrons. The van der Waals surface area contributed by atoms with Gasteiger partial charge in [-0.05, 0) is 37.9 Å². The Bertz CT molecular complexity index is 1590. The van der Waals surface area contributed by atoms with Gasteiger partial charge in [0.05, 0.1) is 0 Å². The van der Waals surface area contributed by atoms with Crippen molar-refractivity contribution in [2.24, 2.45) is 0 Å². The molecular formula is C31H32ClFN6O4. The van der Waals surface area contributed by atoms with Crippen molar-refractivity contribution in [1.29, 1.82) is 0 Å². The van der Waals surface area contributed by atoms with Crippen LogP contribution in [0.3, 0.4) is 0 Å². The number of halogens is 2. The van der Waals surface area contributed by atoms with E-state index in [2.05, 4.69) is 28.4 Å².